The summed E-state index contributed by atoms with van der Waals surface area (Å²) in [4.78, 5) is 11.1. The minimum Gasteiger partial charge on any atom is -0.480 e. The van der Waals surface area contributed by atoms with E-state index in [1.165, 1.54) is 0 Å². The predicted molar refractivity (Wildman–Crippen MR) is 70.5 cm³/mol. The van der Waals surface area contributed by atoms with E-state index in [0.717, 1.165) is 12.8 Å². The van der Waals surface area contributed by atoms with Gasteiger partial charge in [-0.15, -0.1) is 0 Å². The zero-order valence-corrected chi connectivity index (χ0v) is 11.8. The Morgan fingerprint density at radius 2 is 2.00 bits per heavy atom. The SMILES string of the molecule is CCCC[C@H](NC(C)C1CCC(F)(F)CC1)C(=O)O. The summed E-state index contributed by atoms with van der Waals surface area (Å²) in [7, 11) is 0. The van der Waals surface area contributed by atoms with E-state index in [2.05, 4.69) is 5.32 Å². The average Bonchev–Trinajstić information content (AvgIpc) is 2.33. The van der Waals surface area contributed by atoms with E-state index in [9.17, 15) is 13.6 Å². The molecule has 1 aliphatic rings. The van der Waals surface area contributed by atoms with Gasteiger partial charge in [0.05, 0.1) is 0 Å². The minimum absolute atomic E-state index is 0.0194. The smallest absolute Gasteiger partial charge is 0.320 e. The molecule has 0 aromatic rings. The Hall–Kier alpha value is -0.710. The number of nitrogens with one attached hydrogen (secondary N) is 1. The molecule has 19 heavy (non-hydrogen) atoms. The molecule has 0 saturated heterocycles. The van der Waals surface area contributed by atoms with Crippen LogP contribution in [0.5, 0.6) is 0 Å². The van der Waals surface area contributed by atoms with Crippen molar-refractivity contribution in [2.24, 2.45) is 5.92 Å². The van der Waals surface area contributed by atoms with Gasteiger partial charge in [0, 0.05) is 18.9 Å². The van der Waals surface area contributed by atoms with Crippen LogP contribution >= 0.6 is 0 Å². The molecule has 2 N–H and O–H groups in total. The van der Waals surface area contributed by atoms with Crippen LogP contribution in [0.3, 0.4) is 0 Å². The first-order valence-electron chi connectivity index (χ1n) is 7.22. The second-order valence-electron chi connectivity index (χ2n) is 5.68. The van der Waals surface area contributed by atoms with Gasteiger partial charge in [0.2, 0.25) is 5.92 Å². The number of carbonyl (C=O) groups is 1. The molecule has 0 aliphatic heterocycles. The molecule has 1 unspecified atom stereocenters. The van der Waals surface area contributed by atoms with Crippen LogP contribution in [0.4, 0.5) is 8.78 Å². The van der Waals surface area contributed by atoms with Gasteiger partial charge in [-0.1, -0.05) is 19.8 Å². The molecule has 1 rings (SSSR count). The molecule has 0 radical (unpaired) electrons. The predicted octanol–water partition coefficient (Wildman–Crippen LogP) is 3.43. The monoisotopic (exact) mass is 277 g/mol. The quantitative estimate of drug-likeness (QED) is 0.749. The summed E-state index contributed by atoms with van der Waals surface area (Å²) >= 11 is 0. The zero-order valence-electron chi connectivity index (χ0n) is 11.8. The fourth-order valence-electron chi connectivity index (χ4n) is 2.70. The van der Waals surface area contributed by atoms with Gasteiger partial charge in [-0.05, 0) is 32.1 Å². The molecule has 0 amide bonds. The van der Waals surface area contributed by atoms with Gasteiger partial charge in [0.15, 0.2) is 0 Å². The van der Waals surface area contributed by atoms with Crippen molar-refractivity contribution in [1.29, 1.82) is 0 Å². The molecule has 3 nitrogen and oxygen atoms in total. The highest BCUT2D eigenvalue weighted by Crippen LogP contribution is 2.37. The Balaban J connectivity index is 2.44. The molecule has 112 valence electrons. The fourth-order valence-corrected chi connectivity index (χ4v) is 2.70. The summed E-state index contributed by atoms with van der Waals surface area (Å²) in [5, 5.41) is 12.3. The molecule has 2 atom stereocenters. The van der Waals surface area contributed by atoms with Crippen molar-refractivity contribution < 1.29 is 18.7 Å². The number of rotatable bonds is 7. The van der Waals surface area contributed by atoms with Crippen LogP contribution in [0.15, 0.2) is 0 Å². The third-order valence-electron chi connectivity index (χ3n) is 4.08. The van der Waals surface area contributed by atoms with Crippen LogP contribution in [0.25, 0.3) is 0 Å². The van der Waals surface area contributed by atoms with Crippen LogP contribution in [0, 0.1) is 5.92 Å². The van der Waals surface area contributed by atoms with Gasteiger partial charge in [-0.3, -0.25) is 4.79 Å². The number of halogens is 2. The molecular weight excluding hydrogens is 252 g/mol. The van der Waals surface area contributed by atoms with E-state index in [1.54, 1.807) is 0 Å². The Morgan fingerprint density at radius 3 is 2.47 bits per heavy atom. The molecule has 1 aliphatic carbocycles. The zero-order chi connectivity index (χ0) is 14.5. The van der Waals surface area contributed by atoms with E-state index in [1.807, 2.05) is 13.8 Å². The number of aliphatic carboxylic acids is 1. The van der Waals surface area contributed by atoms with E-state index in [0.29, 0.717) is 19.3 Å². The molecule has 1 fully saturated rings. The van der Waals surface area contributed by atoms with E-state index in [-0.39, 0.29) is 24.8 Å². The number of unbranched alkanes of at least 4 members (excludes halogenated alkanes) is 1. The number of hydrogen-bond donors (Lipinski definition) is 2. The van der Waals surface area contributed by atoms with Gasteiger partial charge in [0.1, 0.15) is 6.04 Å². The fraction of sp³-hybridized carbons (Fsp3) is 0.929. The summed E-state index contributed by atoms with van der Waals surface area (Å²) in [5.41, 5.74) is 0. The first kappa shape index (κ1) is 16.3. The lowest BCUT2D eigenvalue weighted by molar-refractivity contribution is -0.140. The molecule has 0 aromatic carbocycles. The molecule has 0 spiro atoms. The second kappa shape index (κ2) is 7.17. The maximum atomic E-state index is 13.1. The highest BCUT2D eigenvalue weighted by molar-refractivity contribution is 5.73. The molecule has 1 saturated carbocycles. The lowest BCUT2D eigenvalue weighted by Gasteiger charge is -2.33. The maximum absolute atomic E-state index is 13.1. The average molecular weight is 277 g/mol. The minimum atomic E-state index is -2.52. The Bertz CT molecular complexity index is 287. The summed E-state index contributed by atoms with van der Waals surface area (Å²) in [6.45, 7) is 3.93. The second-order valence-corrected chi connectivity index (χ2v) is 5.68. The van der Waals surface area contributed by atoms with Gasteiger partial charge < -0.3 is 10.4 Å². The van der Waals surface area contributed by atoms with E-state index in [4.69, 9.17) is 5.11 Å². The van der Waals surface area contributed by atoms with Crippen molar-refractivity contribution >= 4 is 5.97 Å². The Kier molecular flexibility index (Phi) is 6.17. The highest BCUT2D eigenvalue weighted by atomic mass is 19.3. The lowest BCUT2D eigenvalue weighted by atomic mass is 9.82. The van der Waals surface area contributed by atoms with Crippen molar-refractivity contribution in [1.82, 2.24) is 5.32 Å². The van der Waals surface area contributed by atoms with Crippen molar-refractivity contribution in [3.63, 3.8) is 0 Å². The third-order valence-corrected chi connectivity index (χ3v) is 4.08. The Labute approximate surface area is 113 Å². The van der Waals surface area contributed by atoms with Crippen molar-refractivity contribution in [2.75, 3.05) is 0 Å². The molecule has 0 heterocycles. The normalized spacial score (nSPS) is 22.9. The number of carboxylic acid groups (broad SMARTS) is 1. The number of hydrogen-bond acceptors (Lipinski definition) is 2. The van der Waals surface area contributed by atoms with E-state index < -0.39 is 17.9 Å². The van der Waals surface area contributed by atoms with Crippen LogP contribution in [-0.4, -0.2) is 29.1 Å². The summed E-state index contributed by atoms with van der Waals surface area (Å²) in [5.74, 6) is -3.21. The summed E-state index contributed by atoms with van der Waals surface area (Å²) in [6.07, 6.45) is 3.21. The number of alkyl halides is 2. The topological polar surface area (TPSA) is 49.3 Å². The first-order chi connectivity index (χ1) is 8.85. The lowest BCUT2D eigenvalue weighted by Crippen LogP contribution is -2.46. The van der Waals surface area contributed by atoms with Crippen LogP contribution in [0.1, 0.15) is 58.8 Å². The van der Waals surface area contributed by atoms with Gasteiger partial charge in [0.25, 0.3) is 0 Å². The van der Waals surface area contributed by atoms with Crippen molar-refractivity contribution in [3.8, 4) is 0 Å². The standard InChI is InChI=1S/C14H25F2NO2/c1-3-4-5-12(13(18)19)17-10(2)11-6-8-14(15,16)9-7-11/h10-12,17H,3-9H2,1-2H3,(H,18,19)/t10?,12-/m0/s1. The highest BCUT2D eigenvalue weighted by Gasteiger charge is 2.37. The van der Waals surface area contributed by atoms with Crippen molar-refractivity contribution in [2.45, 2.75) is 76.8 Å². The van der Waals surface area contributed by atoms with Crippen LogP contribution < -0.4 is 5.32 Å². The summed E-state index contributed by atoms with van der Waals surface area (Å²) in [6, 6.07) is -0.577. The largest absolute Gasteiger partial charge is 0.480 e. The maximum Gasteiger partial charge on any atom is 0.320 e. The van der Waals surface area contributed by atoms with Crippen LogP contribution in [0.2, 0.25) is 0 Å². The molecule has 0 bridgehead atoms. The number of carboxylic acids is 1. The van der Waals surface area contributed by atoms with Gasteiger partial charge >= 0.3 is 5.97 Å². The van der Waals surface area contributed by atoms with Crippen molar-refractivity contribution in [3.05, 3.63) is 0 Å². The molecular formula is C14H25F2NO2. The first-order valence-corrected chi connectivity index (χ1v) is 7.22. The Morgan fingerprint density at radius 1 is 1.42 bits per heavy atom. The van der Waals surface area contributed by atoms with Gasteiger partial charge in [-0.25, -0.2) is 8.78 Å². The third kappa shape index (κ3) is 5.43. The van der Waals surface area contributed by atoms with E-state index >= 15 is 0 Å². The molecule has 0 aromatic heterocycles. The summed E-state index contributed by atoms with van der Waals surface area (Å²) < 4.78 is 26.2. The molecule has 5 heteroatoms. The van der Waals surface area contributed by atoms with Gasteiger partial charge in [-0.2, -0.15) is 0 Å². The van der Waals surface area contributed by atoms with Crippen LogP contribution in [-0.2, 0) is 4.79 Å².